The van der Waals surface area contributed by atoms with Crippen molar-refractivity contribution in [3.05, 3.63) is 50.2 Å². The summed E-state index contributed by atoms with van der Waals surface area (Å²) in [5.74, 6) is -0.868. The van der Waals surface area contributed by atoms with E-state index in [-0.39, 0.29) is 104 Å². The van der Waals surface area contributed by atoms with Crippen molar-refractivity contribution in [2.45, 2.75) is 13.5 Å². The summed E-state index contributed by atoms with van der Waals surface area (Å²) in [6.45, 7) is 0.472. The molecule has 0 bridgehead atoms. The summed E-state index contributed by atoms with van der Waals surface area (Å²) in [6.07, 6.45) is 0.217. The van der Waals surface area contributed by atoms with Gasteiger partial charge in [-0.2, -0.15) is 0 Å². The molecule has 1 heterocycles. The summed E-state index contributed by atoms with van der Waals surface area (Å²) < 4.78 is 15.1. The van der Waals surface area contributed by atoms with Crippen LogP contribution in [0.1, 0.15) is 21.6 Å². The van der Waals surface area contributed by atoms with Crippen molar-refractivity contribution >= 4 is 72.5 Å². The number of hydrogen-bond donors (Lipinski definition) is 2. The topological polar surface area (TPSA) is 188 Å². The number of nitro groups is 1. The van der Waals surface area contributed by atoms with E-state index in [0.717, 1.165) is 12.1 Å². The van der Waals surface area contributed by atoms with Crippen LogP contribution in [0.5, 0.6) is 5.75 Å². The number of carbonyl (C=O) groups is 1. The third-order valence-corrected chi connectivity index (χ3v) is 4.12. The maximum Gasteiger partial charge on any atom is 1.00 e. The number of aromatic hydroxyl groups is 1. The van der Waals surface area contributed by atoms with Crippen LogP contribution in [-0.4, -0.2) is 55.8 Å². The van der Waals surface area contributed by atoms with E-state index in [0.29, 0.717) is 0 Å². The minimum Gasteiger partial charge on any atom is -0.756 e. The number of benzene rings is 1. The number of halogens is 1. The van der Waals surface area contributed by atoms with Gasteiger partial charge in [-0.15, -0.1) is 10.2 Å². The smallest absolute Gasteiger partial charge is 0.756 e. The predicted octanol–water partition coefficient (Wildman–Crippen LogP) is -0.514. The molecule has 12 nitrogen and oxygen atoms in total. The summed E-state index contributed by atoms with van der Waals surface area (Å²) in [7, 11) is -5.15. The number of non-ortho nitro benzene ring substituents is 1. The number of aldehydes is 1. The first kappa shape index (κ1) is 29.2. The summed E-state index contributed by atoms with van der Waals surface area (Å²) in [5, 5.41) is 28.3. The number of nitro benzene ring substituents is 1. The summed E-state index contributed by atoms with van der Waals surface area (Å²) in [5.41, 5.74) is -1.09. The number of hydrogen-bond acceptors (Lipinski definition) is 10. The molecule has 1 unspecified atom stereocenters. The van der Waals surface area contributed by atoms with Gasteiger partial charge in [0.1, 0.15) is 11.4 Å². The number of pyridine rings is 1. The maximum absolute atomic E-state index is 11.3. The molecule has 0 fully saturated rings. The van der Waals surface area contributed by atoms with Gasteiger partial charge in [-0.3, -0.25) is 19.5 Å². The van der Waals surface area contributed by atoms with E-state index in [4.69, 9.17) is 16.5 Å². The van der Waals surface area contributed by atoms with Crippen LogP contribution in [0, 0.1) is 17.0 Å². The number of aryl methyl sites for hydroxylation is 1. The molecule has 2 aromatic rings. The Bertz CT molecular complexity index is 1030. The molecule has 2 N–H and O–H groups in total. The second-order valence-electron chi connectivity index (χ2n) is 5.21. The third kappa shape index (κ3) is 7.74. The molecule has 16 heteroatoms. The van der Waals surface area contributed by atoms with E-state index in [1.54, 1.807) is 0 Å². The van der Waals surface area contributed by atoms with Crippen molar-refractivity contribution in [1.82, 2.24) is 4.98 Å². The second kappa shape index (κ2) is 12.3. The van der Waals surface area contributed by atoms with Gasteiger partial charge in [0.2, 0.25) is 0 Å². The molecule has 30 heavy (non-hydrogen) atoms. The molecular weight excluding hydrogens is 465 g/mol. The number of phosphoric acid groups is 1. The molecule has 0 aliphatic rings. The normalized spacial score (nSPS) is 12.5. The molecule has 0 aliphatic heterocycles. The number of carbonyl (C=O) groups excluding carboxylic acids is 1. The molecular formula is C14H11ClN4Na2O8P. The first-order valence-corrected chi connectivity index (χ1v) is 9.12. The van der Waals surface area contributed by atoms with Crippen molar-refractivity contribution in [3.63, 3.8) is 0 Å². The average molecular weight is 476 g/mol. The quantitative estimate of drug-likeness (QED) is 0.133. The predicted molar refractivity (Wildman–Crippen MR) is 98.7 cm³/mol. The monoisotopic (exact) mass is 475 g/mol. The number of nitrogens with zero attached hydrogens (tertiary/aromatic N) is 4. The summed E-state index contributed by atoms with van der Waals surface area (Å²) >= 11 is 5.91. The molecule has 0 saturated carbocycles. The first-order valence-electron chi connectivity index (χ1n) is 7.25. The first-order chi connectivity index (χ1) is 13.0. The van der Waals surface area contributed by atoms with Crippen molar-refractivity contribution in [2.75, 3.05) is 0 Å². The Labute approximate surface area is 218 Å². The minimum absolute atomic E-state index is 0. The fraction of sp³-hybridized carbons (Fsp3) is 0.143. The Morgan fingerprint density at radius 3 is 2.57 bits per heavy atom. The van der Waals surface area contributed by atoms with Gasteiger partial charge in [0.15, 0.2) is 12.1 Å². The second-order valence-corrected chi connectivity index (χ2v) is 6.82. The Balaban J connectivity index is 0.00000420. The van der Waals surface area contributed by atoms with E-state index < -0.39 is 25.1 Å². The standard InChI is InChI=1S/C14H12ClN4O8P.2Na/c1-7-13(21)9(5-20)10(6-27-28(24,25)26)14(16-7)18-17-12-4-8(19(22)23)2-3-11(12)15;;/h2-5,21H,6H2,1H3,(H2,24,25,26);;/q;;+1/p-1. The average Bonchev–Trinajstić information content (AvgIpc) is 2.61. The SMILES string of the molecule is Cc1nc(N=Nc2cc([N+](=O)[O-])ccc2Cl)c(COP(=O)([O-])O)c(C=O)c1O.[Na+].[Na]. The molecule has 0 amide bonds. The van der Waals surface area contributed by atoms with Crippen LogP contribution in [0.2, 0.25) is 5.02 Å². The van der Waals surface area contributed by atoms with Crippen molar-refractivity contribution < 1.29 is 63.3 Å². The number of azo groups is 1. The molecule has 1 atom stereocenters. The largest absolute Gasteiger partial charge is 1.00 e. The zero-order valence-corrected chi connectivity index (χ0v) is 21.6. The fourth-order valence-corrected chi connectivity index (χ4v) is 2.48. The fourth-order valence-electron chi connectivity index (χ4n) is 2.03. The Morgan fingerprint density at radius 2 is 2.03 bits per heavy atom. The van der Waals surface area contributed by atoms with Gasteiger partial charge >= 0.3 is 29.6 Å². The molecule has 2 rings (SSSR count). The minimum atomic E-state index is -5.15. The van der Waals surface area contributed by atoms with E-state index in [9.17, 15) is 29.5 Å². The molecule has 0 aliphatic carbocycles. The molecule has 0 spiro atoms. The third-order valence-electron chi connectivity index (χ3n) is 3.35. The van der Waals surface area contributed by atoms with Gasteiger partial charge in [-0.1, -0.05) is 11.6 Å². The van der Waals surface area contributed by atoms with Crippen molar-refractivity contribution in [2.24, 2.45) is 10.2 Å². The summed E-state index contributed by atoms with van der Waals surface area (Å²) in [4.78, 5) is 45.0. The van der Waals surface area contributed by atoms with Gasteiger partial charge in [-0.05, 0) is 13.0 Å². The van der Waals surface area contributed by atoms with E-state index in [1.165, 1.54) is 13.0 Å². The van der Waals surface area contributed by atoms with E-state index >= 15 is 0 Å². The zero-order valence-electron chi connectivity index (χ0n) is 16.0. The van der Waals surface area contributed by atoms with E-state index in [1.807, 2.05) is 0 Å². The van der Waals surface area contributed by atoms with Crippen LogP contribution in [0.3, 0.4) is 0 Å². The van der Waals surface area contributed by atoms with Crippen molar-refractivity contribution in [1.29, 1.82) is 0 Å². The van der Waals surface area contributed by atoms with Crippen LogP contribution in [0.25, 0.3) is 0 Å². The van der Waals surface area contributed by atoms with Crippen LogP contribution in [-0.2, 0) is 15.7 Å². The van der Waals surface area contributed by atoms with Gasteiger partial charge in [0, 0.05) is 47.3 Å². The number of phosphoric ester groups is 1. The molecule has 0 saturated heterocycles. The van der Waals surface area contributed by atoms with Crippen LogP contribution in [0.15, 0.2) is 28.4 Å². The van der Waals surface area contributed by atoms with Gasteiger partial charge in [0.05, 0.1) is 27.8 Å². The molecule has 1 aromatic heterocycles. The van der Waals surface area contributed by atoms with Crippen LogP contribution in [0.4, 0.5) is 17.2 Å². The van der Waals surface area contributed by atoms with Gasteiger partial charge in [0.25, 0.3) is 13.5 Å². The van der Waals surface area contributed by atoms with E-state index in [2.05, 4.69) is 19.7 Å². The number of rotatable bonds is 7. The Hall–Kier alpha value is -0.760. The Kier molecular flexibility index (Phi) is 12.0. The Morgan fingerprint density at radius 1 is 1.40 bits per heavy atom. The molecule has 1 aromatic carbocycles. The van der Waals surface area contributed by atoms with Crippen LogP contribution < -0.4 is 34.5 Å². The maximum atomic E-state index is 11.3. The van der Waals surface area contributed by atoms with Gasteiger partial charge in [-0.25, -0.2) is 4.98 Å². The molecule has 149 valence electrons. The van der Waals surface area contributed by atoms with Gasteiger partial charge < -0.3 is 19.4 Å². The van der Waals surface area contributed by atoms with Crippen molar-refractivity contribution in [3.8, 4) is 5.75 Å². The summed E-state index contributed by atoms with van der Waals surface area (Å²) in [6, 6.07) is 3.42. The molecule has 1 radical (unpaired) electrons. The van der Waals surface area contributed by atoms with Crippen LogP contribution >= 0.6 is 19.4 Å². The number of aromatic nitrogens is 1. The zero-order chi connectivity index (χ0) is 21.1.